The van der Waals surface area contributed by atoms with Gasteiger partial charge in [-0.3, -0.25) is 4.79 Å². The van der Waals surface area contributed by atoms with Crippen molar-refractivity contribution in [1.29, 1.82) is 0 Å². The normalized spacial score (nSPS) is 46.7. The summed E-state index contributed by atoms with van der Waals surface area (Å²) in [5, 5.41) is 0. The molecule has 2 N–H and O–H groups in total. The summed E-state index contributed by atoms with van der Waals surface area (Å²) in [6, 6.07) is 0.704. The smallest absolute Gasteiger partial charge is 0.239 e. The molecule has 1 aliphatic heterocycles. The molecule has 5 aliphatic rings. The first-order chi connectivity index (χ1) is 15.1. The van der Waals surface area contributed by atoms with Crippen LogP contribution in [0.4, 0.5) is 0 Å². The van der Waals surface area contributed by atoms with Crippen molar-refractivity contribution in [2.24, 2.45) is 46.2 Å². The van der Waals surface area contributed by atoms with E-state index in [1.54, 1.807) is 5.57 Å². The SMILES string of the molecule is CC(C)[C@@H](N)C(=O)N(C)[C@H]1CC[C@@]2(C)C(=CC[C@H]3[C@@H]4CC[C@@H]5[C@H](C)N(C)C[C@@]54CC[C@@H]32)C1. The van der Waals surface area contributed by atoms with Crippen LogP contribution in [0.2, 0.25) is 0 Å². The van der Waals surface area contributed by atoms with Crippen LogP contribution in [0.1, 0.15) is 79.1 Å². The number of carbonyl (C=O) groups is 1. The van der Waals surface area contributed by atoms with Gasteiger partial charge in [0.2, 0.25) is 5.91 Å². The van der Waals surface area contributed by atoms with Crippen molar-refractivity contribution in [3.63, 3.8) is 0 Å². The third-order valence-electron chi connectivity index (χ3n) is 11.6. The lowest BCUT2D eigenvalue weighted by molar-refractivity contribution is -0.135. The van der Waals surface area contributed by atoms with E-state index in [1.807, 2.05) is 25.8 Å². The van der Waals surface area contributed by atoms with Crippen LogP contribution in [-0.4, -0.2) is 54.5 Å². The van der Waals surface area contributed by atoms with Crippen LogP contribution in [0.25, 0.3) is 0 Å². The number of hydrogen-bond acceptors (Lipinski definition) is 3. The van der Waals surface area contributed by atoms with E-state index < -0.39 is 0 Å². The average Bonchev–Trinajstić information content (AvgIpc) is 3.25. The van der Waals surface area contributed by atoms with Gasteiger partial charge in [0, 0.05) is 25.7 Å². The maximum Gasteiger partial charge on any atom is 0.239 e. The summed E-state index contributed by atoms with van der Waals surface area (Å²) in [6.45, 7) is 10.5. The number of hydrogen-bond donors (Lipinski definition) is 1. The van der Waals surface area contributed by atoms with Gasteiger partial charge in [-0.1, -0.05) is 32.4 Å². The average molecular weight is 442 g/mol. The predicted molar refractivity (Wildman–Crippen MR) is 131 cm³/mol. The molecule has 0 aromatic carbocycles. The molecule has 0 unspecified atom stereocenters. The van der Waals surface area contributed by atoms with Crippen molar-refractivity contribution in [2.75, 3.05) is 20.6 Å². The monoisotopic (exact) mass is 441 g/mol. The molecule has 1 amide bonds. The van der Waals surface area contributed by atoms with Gasteiger partial charge < -0.3 is 15.5 Å². The Labute approximate surface area is 196 Å². The number of nitrogens with two attached hydrogens (primary N) is 1. The molecule has 1 saturated heterocycles. The molecule has 0 radical (unpaired) electrons. The fourth-order valence-corrected chi connectivity index (χ4v) is 9.47. The molecule has 4 nitrogen and oxygen atoms in total. The molecule has 4 heteroatoms. The summed E-state index contributed by atoms with van der Waals surface area (Å²) in [6.07, 6.45) is 13.1. The number of amides is 1. The number of rotatable bonds is 3. The van der Waals surface area contributed by atoms with Gasteiger partial charge in [-0.2, -0.15) is 0 Å². The van der Waals surface area contributed by atoms with Gasteiger partial charge in [0.1, 0.15) is 0 Å². The Hall–Kier alpha value is -0.870. The zero-order chi connectivity index (χ0) is 23.0. The molecule has 9 atom stereocenters. The number of allylic oxidation sites excluding steroid dienone is 1. The van der Waals surface area contributed by atoms with Gasteiger partial charge in [-0.05, 0) is 106 Å². The summed E-state index contributed by atoms with van der Waals surface area (Å²) in [4.78, 5) is 17.6. The summed E-state index contributed by atoms with van der Waals surface area (Å²) in [5.74, 6) is 3.90. The Morgan fingerprint density at radius 2 is 1.88 bits per heavy atom. The van der Waals surface area contributed by atoms with Crippen LogP contribution >= 0.6 is 0 Å². The Kier molecular flexibility index (Phi) is 5.61. The van der Waals surface area contributed by atoms with Crippen LogP contribution in [-0.2, 0) is 4.79 Å². The van der Waals surface area contributed by atoms with Gasteiger partial charge in [0.25, 0.3) is 0 Å². The van der Waals surface area contributed by atoms with Crippen molar-refractivity contribution < 1.29 is 4.79 Å². The maximum absolute atomic E-state index is 12.9. The van der Waals surface area contributed by atoms with Crippen molar-refractivity contribution in [1.82, 2.24) is 9.80 Å². The second kappa shape index (κ2) is 7.83. The van der Waals surface area contributed by atoms with Crippen molar-refractivity contribution in [3.05, 3.63) is 11.6 Å². The first-order valence-electron chi connectivity index (χ1n) is 13.5. The fraction of sp³-hybridized carbons (Fsp3) is 0.893. The first-order valence-corrected chi connectivity index (χ1v) is 13.5. The van der Waals surface area contributed by atoms with E-state index in [-0.39, 0.29) is 17.9 Å². The van der Waals surface area contributed by atoms with Gasteiger partial charge in [-0.25, -0.2) is 0 Å². The molecule has 5 rings (SSSR count). The van der Waals surface area contributed by atoms with E-state index in [4.69, 9.17) is 5.73 Å². The van der Waals surface area contributed by atoms with E-state index >= 15 is 0 Å². The summed E-state index contributed by atoms with van der Waals surface area (Å²) in [5.41, 5.74) is 8.83. The quantitative estimate of drug-likeness (QED) is 0.647. The van der Waals surface area contributed by atoms with E-state index in [0.29, 0.717) is 16.9 Å². The Morgan fingerprint density at radius 3 is 2.59 bits per heavy atom. The topological polar surface area (TPSA) is 49.6 Å². The molecule has 4 fully saturated rings. The van der Waals surface area contributed by atoms with E-state index in [0.717, 1.165) is 42.6 Å². The lowest BCUT2D eigenvalue weighted by Crippen LogP contribution is -2.54. The number of carbonyl (C=O) groups excluding carboxylic acids is 1. The fourth-order valence-electron chi connectivity index (χ4n) is 9.47. The summed E-state index contributed by atoms with van der Waals surface area (Å²) in [7, 11) is 4.36. The van der Waals surface area contributed by atoms with Crippen LogP contribution in [0.3, 0.4) is 0 Å². The van der Waals surface area contributed by atoms with Gasteiger partial charge in [0.15, 0.2) is 0 Å². The second-order valence-corrected chi connectivity index (χ2v) is 13.0. The molecule has 0 aromatic heterocycles. The van der Waals surface area contributed by atoms with E-state index in [2.05, 4.69) is 31.9 Å². The highest BCUT2D eigenvalue weighted by atomic mass is 16.2. The molecule has 32 heavy (non-hydrogen) atoms. The molecule has 180 valence electrons. The van der Waals surface area contributed by atoms with E-state index in [9.17, 15) is 4.79 Å². The molecule has 0 aromatic rings. The Balaban J connectivity index is 1.35. The lowest BCUT2D eigenvalue weighted by atomic mass is 9.47. The molecule has 1 spiro atoms. The largest absolute Gasteiger partial charge is 0.341 e. The Bertz CT molecular complexity index is 792. The first kappa shape index (κ1) is 22.9. The molecular formula is C28H47N3O. The number of nitrogens with zero attached hydrogens (tertiary/aromatic N) is 2. The van der Waals surface area contributed by atoms with Crippen LogP contribution < -0.4 is 5.73 Å². The molecule has 1 heterocycles. The van der Waals surface area contributed by atoms with Crippen LogP contribution in [0.5, 0.6) is 0 Å². The molecule has 0 bridgehead atoms. The van der Waals surface area contributed by atoms with Crippen molar-refractivity contribution in [2.45, 2.75) is 97.2 Å². The highest BCUT2D eigenvalue weighted by Crippen LogP contribution is 2.68. The number of likely N-dealkylation sites (tertiary alicyclic amines) is 1. The standard InChI is InChI=1S/C28H47N3O/c1-17(2)25(29)26(32)31(6)20-11-13-27(4)19(15-20)7-8-21-23(27)12-14-28-16-30(5)18(3)22(28)9-10-24(21)28/h7,17-18,20-25H,8-16,29H2,1-6H3/t18-,20-,21+,22+,23-,24-,25+,27-,28-/m0/s1. The minimum Gasteiger partial charge on any atom is -0.341 e. The van der Waals surface area contributed by atoms with E-state index in [1.165, 1.54) is 45.1 Å². The zero-order valence-electron chi connectivity index (χ0n) is 21.4. The van der Waals surface area contributed by atoms with Gasteiger partial charge >= 0.3 is 0 Å². The third kappa shape index (κ3) is 3.11. The lowest BCUT2D eigenvalue weighted by Gasteiger charge is -2.58. The van der Waals surface area contributed by atoms with Gasteiger partial charge in [0.05, 0.1) is 6.04 Å². The second-order valence-electron chi connectivity index (χ2n) is 13.0. The van der Waals surface area contributed by atoms with Gasteiger partial charge in [-0.15, -0.1) is 0 Å². The molecule has 4 aliphatic carbocycles. The summed E-state index contributed by atoms with van der Waals surface area (Å²) >= 11 is 0. The Morgan fingerprint density at radius 1 is 1.16 bits per heavy atom. The number of likely N-dealkylation sites (N-methyl/N-ethyl adjacent to an activating group) is 1. The highest BCUT2D eigenvalue weighted by Gasteiger charge is 2.64. The van der Waals surface area contributed by atoms with Crippen molar-refractivity contribution >= 4 is 5.91 Å². The molecule has 3 saturated carbocycles. The molecular weight excluding hydrogens is 394 g/mol. The van der Waals surface area contributed by atoms with Crippen LogP contribution in [0.15, 0.2) is 11.6 Å². The maximum atomic E-state index is 12.9. The highest BCUT2D eigenvalue weighted by molar-refractivity contribution is 5.82. The third-order valence-corrected chi connectivity index (χ3v) is 11.6. The number of fused-ring (bicyclic) bond motifs is 4. The minimum atomic E-state index is -0.380. The minimum absolute atomic E-state index is 0.124. The predicted octanol–water partition coefficient (Wildman–Crippen LogP) is 4.69. The summed E-state index contributed by atoms with van der Waals surface area (Å²) < 4.78 is 0. The van der Waals surface area contributed by atoms with Crippen LogP contribution in [0, 0.1) is 40.4 Å². The zero-order valence-corrected chi connectivity index (χ0v) is 21.4. The van der Waals surface area contributed by atoms with Crippen molar-refractivity contribution in [3.8, 4) is 0 Å².